The number of benzene rings is 1. The number of nitrogens with one attached hydrogen (secondary N) is 2. The Kier molecular flexibility index (Phi) is 3.77. The molecule has 2 aromatic rings. The molecule has 0 aliphatic carbocycles. The van der Waals surface area contributed by atoms with Gasteiger partial charge in [-0.3, -0.25) is 0 Å². The van der Waals surface area contributed by atoms with E-state index in [1.807, 2.05) is 24.3 Å². The molecular weight excluding hydrogens is 284 g/mol. The SMILES string of the molecule is C[C@@](O)(CNC(=O)N[C@H]1COc2ccccc21)c1ccco1. The van der Waals surface area contributed by atoms with Crippen LogP contribution in [0.2, 0.25) is 0 Å². The first-order chi connectivity index (χ1) is 10.6. The maximum atomic E-state index is 12.0. The van der Waals surface area contributed by atoms with Crippen molar-refractivity contribution in [2.24, 2.45) is 0 Å². The third kappa shape index (κ3) is 2.92. The lowest BCUT2D eigenvalue weighted by Crippen LogP contribution is -2.44. The summed E-state index contributed by atoms with van der Waals surface area (Å²) in [4.78, 5) is 12.0. The van der Waals surface area contributed by atoms with E-state index in [0.717, 1.165) is 11.3 Å². The Morgan fingerprint density at radius 3 is 2.95 bits per heavy atom. The summed E-state index contributed by atoms with van der Waals surface area (Å²) in [6.07, 6.45) is 1.48. The summed E-state index contributed by atoms with van der Waals surface area (Å²) in [6, 6.07) is 10.4. The average molecular weight is 302 g/mol. The van der Waals surface area contributed by atoms with Gasteiger partial charge in [-0.15, -0.1) is 0 Å². The molecule has 0 saturated carbocycles. The Morgan fingerprint density at radius 2 is 2.18 bits per heavy atom. The average Bonchev–Trinajstić information content (AvgIpc) is 3.16. The molecule has 6 nitrogen and oxygen atoms in total. The van der Waals surface area contributed by atoms with Gasteiger partial charge in [-0.2, -0.15) is 0 Å². The van der Waals surface area contributed by atoms with Crippen molar-refractivity contribution in [3.8, 4) is 5.75 Å². The second kappa shape index (κ2) is 5.73. The number of carbonyl (C=O) groups is 1. The monoisotopic (exact) mass is 302 g/mol. The lowest BCUT2D eigenvalue weighted by atomic mass is 10.0. The van der Waals surface area contributed by atoms with Gasteiger partial charge in [-0.25, -0.2) is 4.79 Å². The van der Waals surface area contributed by atoms with Gasteiger partial charge >= 0.3 is 6.03 Å². The van der Waals surface area contributed by atoms with Crippen LogP contribution >= 0.6 is 0 Å². The number of amides is 2. The number of hydrogen-bond acceptors (Lipinski definition) is 4. The molecule has 1 aliphatic heterocycles. The van der Waals surface area contributed by atoms with Crippen molar-refractivity contribution in [1.29, 1.82) is 0 Å². The number of rotatable bonds is 4. The molecule has 0 saturated heterocycles. The smallest absolute Gasteiger partial charge is 0.315 e. The van der Waals surface area contributed by atoms with Crippen molar-refractivity contribution in [2.45, 2.75) is 18.6 Å². The third-order valence-corrected chi connectivity index (χ3v) is 3.65. The molecule has 22 heavy (non-hydrogen) atoms. The van der Waals surface area contributed by atoms with Crippen molar-refractivity contribution >= 4 is 6.03 Å². The normalized spacial score (nSPS) is 18.9. The minimum atomic E-state index is -1.26. The van der Waals surface area contributed by atoms with E-state index >= 15 is 0 Å². The highest BCUT2D eigenvalue weighted by Gasteiger charge is 2.29. The van der Waals surface area contributed by atoms with Gasteiger partial charge in [0.25, 0.3) is 0 Å². The maximum Gasteiger partial charge on any atom is 0.315 e. The van der Waals surface area contributed by atoms with Crippen molar-refractivity contribution in [3.63, 3.8) is 0 Å². The molecule has 0 radical (unpaired) electrons. The van der Waals surface area contributed by atoms with Crippen molar-refractivity contribution < 1.29 is 19.1 Å². The summed E-state index contributed by atoms with van der Waals surface area (Å²) in [5, 5.41) is 15.8. The predicted octanol–water partition coefficient (Wildman–Crippen LogP) is 1.92. The highest BCUT2D eigenvalue weighted by molar-refractivity contribution is 5.74. The van der Waals surface area contributed by atoms with Gasteiger partial charge in [-0.1, -0.05) is 18.2 Å². The predicted molar refractivity (Wildman–Crippen MR) is 79.5 cm³/mol. The Morgan fingerprint density at radius 1 is 1.36 bits per heavy atom. The zero-order valence-corrected chi connectivity index (χ0v) is 12.2. The number of aliphatic hydroxyl groups is 1. The first-order valence-corrected chi connectivity index (χ1v) is 7.09. The van der Waals surface area contributed by atoms with Crippen LogP contribution in [-0.4, -0.2) is 24.3 Å². The van der Waals surface area contributed by atoms with Crippen LogP contribution in [0.15, 0.2) is 47.1 Å². The van der Waals surface area contributed by atoms with Gasteiger partial charge in [-0.05, 0) is 25.1 Å². The molecule has 1 aliphatic rings. The number of carbonyl (C=O) groups excluding carboxylic acids is 1. The van der Waals surface area contributed by atoms with E-state index < -0.39 is 5.60 Å². The third-order valence-electron chi connectivity index (χ3n) is 3.65. The molecule has 2 atom stereocenters. The van der Waals surface area contributed by atoms with Gasteiger partial charge in [0.2, 0.25) is 0 Å². The van der Waals surface area contributed by atoms with Gasteiger partial charge in [0.15, 0.2) is 0 Å². The summed E-state index contributed by atoms with van der Waals surface area (Å²) in [6.45, 7) is 2.03. The van der Waals surface area contributed by atoms with Crippen molar-refractivity contribution in [2.75, 3.05) is 13.2 Å². The van der Waals surface area contributed by atoms with Gasteiger partial charge in [0.05, 0.1) is 18.8 Å². The van der Waals surface area contributed by atoms with E-state index in [-0.39, 0.29) is 18.6 Å². The van der Waals surface area contributed by atoms with Crippen LogP contribution < -0.4 is 15.4 Å². The van der Waals surface area contributed by atoms with Crippen LogP contribution in [0.4, 0.5) is 4.79 Å². The fraction of sp³-hybridized carbons (Fsp3) is 0.312. The lowest BCUT2D eigenvalue weighted by molar-refractivity contribution is 0.0366. The second-order valence-corrected chi connectivity index (χ2v) is 5.48. The molecule has 116 valence electrons. The summed E-state index contributed by atoms with van der Waals surface area (Å²) >= 11 is 0. The largest absolute Gasteiger partial charge is 0.491 e. The minimum Gasteiger partial charge on any atom is -0.491 e. The van der Waals surface area contributed by atoms with E-state index in [1.165, 1.54) is 6.26 Å². The molecule has 6 heteroatoms. The van der Waals surface area contributed by atoms with Crippen LogP contribution in [0.3, 0.4) is 0 Å². The maximum absolute atomic E-state index is 12.0. The highest BCUT2D eigenvalue weighted by Crippen LogP contribution is 2.31. The van der Waals surface area contributed by atoms with E-state index in [4.69, 9.17) is 9.15 Å². The first-order valence-electron chi connectivity index (χ1n) is 7.09. The quantitative estimate of drug-likeness (QED) is 0.805. The Balaban J connectivity index is 1.56. The number of hydrogen-bond donors (Lipinski definition) is 3. The molecule has 2 amide bonds. The van der Waals surface area contributed by atoms with Crippen LogP contribution in [0.5, 0.6) is 5.75 Å². The molecule has 1 aromatic carbocycles. The highest BCUT2D eigenvalue weighted by atomic mass is 16.5. The summed E-state index contributed by atoms with van der Waals surface area (Å²) < 4.78 is 10.7. The number of fused-ring (bicyclic) bond motifs is 1. The van der Waals surface area contributed by atoms with Crippen LogP contribution in [0, 0.1) is 0 Å². The molecule has 2 heterocycles. The Labute approximate surface area is 128 Å². The topological polar surface area (TPSA) is 83.7 Å². The second-order valence-electron chi connectivity index (χ2n) is 5.48. The molecule has 3 N–H and O–H groups in total. The fourth-order valence-corrected chi connectivity index (χ4v) is 2.42. The molecule has 0 bridgehead atoms. The first kappa shape index (κ1) is 14.5. The van der Waals surface area contributed by atoms with Gasteiger partial charge in [0, 0.05) is 5.56 Å². The molecule has 0 unspecified atom stereocenters. The van der Waals surface area contributed by atoms with Crippen molar-refractivity contribution in [1.82, 2.24) is 10.6 Å². The Bertz CT molecular complexity index is 652. The van der Waals surface area contributed by atoms with Crippen LogP contribution in [-0.2, 0) is 5.60 Å². The Hall–Kier alpha value is -2.47. The zero-order chi connectivity index (χ0) is 15.6. The molecule has 3 rings (SSSR count). The number of urea groups is 1. The lowest BCUT2D eigenvalue weighted by Gasteiger charge is -2.22. The fourth-order valence-electron chi connectivity index (χ4n) is 2.42. The number of para-hydroxylation sites is 1. The van der Waals surface area contributed by atoms with E-state index in [1.54, 1.807) is 19.1 Å². The zero-order valence-electron chi connectivity index (χ0n) is 12.2. The number of furan rings is 1. The molecule has 0 spiro atoms. The van der Waals surface area contributed by atoms with Crippen LogP contribution in [0.25, 0.3) is 0 Å². The van der Waals surface area contributed by atoms with Gasteiger partial charge < -0.3 is 24.9 Å². The molecule has 0 fully saturated rings. The molecule has 1 aromatic heterocycles. The van der Waals surface area contributed by atoms with Gasteiger partial charge in [0.1, 0.15) is 23.7 Å². The van der Waals surface area contributed by atoms with Crippen LogP contribution in [0.1, 0.15) is 24.3 Å². The minimum absolute atomic E-state index is 0.0432. The van der Waals surface area contributed by atoms with Crippen molar-refractivity contribution in [3.05, 3.63) is 54.0 Å². The summed E-state index contributed by atoms with van der Waals surface area (Å²) in [5.41, 5.74) is -0.305. The van der Waals surface area contributed by atoms with E-state index in [2.05, 4.69) is 10.6 Å². The standard InChI is InChI=1S/C16H18N2O4/c1-16(20,14-7-4-8-21-14)10-17-15(19)18-12-9-22-13-6-3-2-5-11(12)13/h2-8,12,20H,9-10H2,1H3,(H2,17,18,19)/t12-,16+/m0/s1. The van der Waals surface area contributed by atoms with E-state index in [0.29, 0.717) is 12.4 Å². The summed E-state index contributed by atoms with van der Waals surface area (Å²) in [7, 11) is 0. The summed E-state index contributed by atoms with van der Waals surface area (Å²) in [5.74, 6) is 1.19. The molecular formula is C16H18N2O4. The number of ether oxygens (including phenoxy) is 1. The van der Waals surface area contributed by atoms with E-state index in [9.17, 15) is 9.90 Å².